The number of carbonyl (C=O) groups excluding carboxylic acids is 2. The molecule has 0 atom stereocenters. The van der Waals surface area contributed by atoms with Gasteiger partial charge in [-0.05, 0) is 86.6 Å². The molecule has 2 heterocycles. The number of aliphatic carboxylic acids is 1. The molecule has 1 N–H and O–H groups in total. The molecule has 1 fully saturated rings. The van der Waals surface area contributed by atoms with Gasteiger partial charge in [-0.3, -0.25) is 14.4 Å². The van der Waals surface area contributed by atoms with Crippen molar-refractivity contribution < 1.29 is 19.5 Å². The van der Waals surface area contributed by atoms with Gasteiger partial charge in [0.1, 0.15) is 0 Å². The first kappa shape index (κ1) is 26.2. The van der Waals surface area contributed by atoms with Gasteiger partial charge < -0.3 is 9.51 Å². The summed E-state index contributed by atoms with van der Waals surface area (Å²) < 4.78 is 1.80. The largest absolute Gasteiger partial charge is 0.481 e. The van der Waals surface area contributed by atoms with E-state index in [0.29, 0.717) is 32.9 Å². The number of hydrogen-bond donors (Lipinski definition) is 1. The molecule has 0 saturated heterocycles. The van der Waals surface area contributed by atoms with Gasteiger partial charge in [0.25, 0.3) is 0 Å². The van der Waals surface area contributed by atoms with Crippen molar-refractivity contribution in [2.45, 2.75) is 72.1 Å². The van der Waals surface area contributed by atoms with Crippen LogP contribution in [0, 0.1) is 11.3 Å². The SMILES string of the molecule is CC(C)c1ccn2c(C(=O)c3ccc(Cl)cc3)c(CC(C)(C)C(=O)O)c(C(=O)C3CCCCC3)c2c1. The number of rotatable bonds is 8. The van der Waals surface area contributed by atoms with Gasteiger partial charge in [-0.2, -0.15) is 0 Å². The van der Waals surface area contributed by atoms with Gasteiger partial charge in [-0.15, -0.1) is 0 Å². The van der Waals surface area contributed by atoms with Crippen LogP contribution in [0.2, 0.25) is 5.02 Å². The first-order chi connectivity index (χ1) is 17.0. The third-order valence-electron chi connectivity index (χ3n) is 7.47. The first-order valence-electron chi connectivity index (χ1n) is 12.8. The van der Waals surface area contributed by atoms with Crippen LogP contribution < -0.4 is 0 Å². The maximum Gasteiger partial charge on any atom is 0.309 e. The van der Waals surface area contributed by atoms with Gasteiger partial charge in [0.15, 0.2) is 5.78 Å². The van der Waals surface area contributed by atoms with Crippen LogP contribution >= 0.6 is 11.6 Å². The number of nitrogens with zero attached hydrogens (tertiary/aromatic N) is 1. The van der Waals surface area contributed by atoms with Gasteiger partial charge in [0.2, 0.25) is 5.78 Å². The van der Waals surface area contributed by atoms with E-state index in [2.05, 4.69) is 13.8 Å². The number of carbonyl (C=O) groups is 3. The number of hydrogen-bond acceptors (Lipinski definition) is 3. The number of halogens is 1. The lowest BCUT2D eigenvalue weighted by molar-refractivity contribution is -0.146. The van der Waals surface area contributed by atoms with E-state index in [0.717, 1.165) is 37.7 Å². The number of aromatic nitrogens is 1. The van der Waals surface area contributed by atoms with Crippen molar-refractivity contribution in [2.75, 3.05) is 0 Å². The standard InChI is InChI=1S/C30H34ClNO4/c1-18(2)21-14-15-32-24(16-21)25(27(33)19-8-6-5-7-9-19)23(17-30(3,4)29(35)36)26(32)28(34)20-10-12-22(31)13-11-20/h10-16,18-19H,5-9,17H2,1-4H3,(H,35,36). The Labute approximate surface area is 217 Å². The molecule has 1 saturated carbocycles. The van der Waals surface area contributed by atoms with Crippen molar-refractivity contribution >= 4 is 34.7 Å². The number of Topliss-reactive ketones (excluding diaryl/α,β-unsaturated/α-hetero) is 1. The van der Waals surface area contributed by atoms with E-state index < -0.39 is 11.4 Å². The van der Waals surface area contributed by atoms with Crippen LogP contribution in [0.4, 0.5) is 0 Å². The number of carboxylic acids is 1. The van der Waals surface area contributed by atoms with Crippen LogP contribution in [-0.2, 0) is 11.2 Å². The van der Waals surface area contributed by atoms with Gasteiger partial charge in [-0.1, -0.05) is 44.7 Å². The second-order valence-corrected chi connectivity index (χ2v) is 11.4. The minimum atomic E-state index is -1.16. The third kappa shape index (κ3) is 4.99. The molecule has 1 aromatic carbocycles. The number of pyridine rings is 1. The highest BCUT2D eigenvalue weighted by molar-refractivity contribution is 6.30. The molecule has 3 aromatic rings. The molecule has 0 spiro atoms. The molecular weight excluding hydrogens is 474 g/mol. The van der Waals surface area contributed by atoms with E-state index in [1.165, 1.54) is 0 Å². The van der Waals surface area contributed by atoms with Crippen molar-refractivity contribution in [3.63, 3.8) is 0 Å². The van der Waals surface area contributed by atoms with E-state index >= 15 is 0 Å². The quantitative estimate of drug-likeness (QED) is 0.323. The summed E-state index contributed by atoms with van der Waals surface area (Å²) >= 11 is 6.06. The van der Waals surface area contributed by atoms with Gasteiger partial charge in [-0.25, -0.2) is 0 Å². The van der Waals surface area contributed by atoms with E-state index in [4.69, 9.17) is 11.6 Å². The predicted molar refractivity (Wildman–Crippen MR) is 142 cm³/mol. The fourth-order valence-electron chi connectivity index (χ4n) is 5.20. The zero-order valence-electron chi connectivity index (χ0n) is 21.4. The van der Waals surface area contributed by atoms with Gasteiger partial charge >= 0.3 is 5.97 Å². The molecule has 0 amide bonds. The second kappa shape index (κ2) is 10.2. The van der Waals surface area contributed by atoms with Gasteiger partial charge in [0.05, 0.1) is 16.6 Å². The second-order valence-electron chi connectivity index (χ2n) is 11.0. The molecule has 1 aliphatic rings. The summed E-state index contributed by atoms with van der Waals surface area (Å²) in [5, 5.41) is 10.5. The first-order valence-corrected chi connectivity index (χ1v) is 13.1. The van der Waals surface area contributed by atoms with E-state index in [1.54, 1.807) is 42.5 Å². The molecule has 5 nitrogen and oxygen atoms in total. The minimum absolute atomic E-state index is 0.0273. The van der Waals surface area contributed by atoms with Crippen LogP contribution in [0.15, 0.2) is 42.6 Å². The molecule has 1 aliphatic carbocycles. The van der Waals surface area contributed by atoms with Crippen molar-refractivity contribution in [3.8, 4) is 0 Å². The Kier molecular flexibility index (Phi) is 7.42. The molecule has 0 unspecified atom stereocenters. The maximum absolute atomic E-state index is 14.1. The summed E-state index contributed by atoms with van der Waals surface area (Å²) in [6.45, 7) is 7.46. The molecule has 4 rings (SSSR count). The van der Waals surface area contributed by atoms with E-state index in [9.17, 15) is 19.5 Å². The summed E-state index contributed by atoms with van der Waals surface area (Å²) in [7, 11) is 0. The van der Waals surface area contributed by atoms with E-state index in [1.807, 2.05) is 18.3 Å². The molecule has 2 aromatic heterocycles. The van der Waals surface area contributed by atoms with Crippen LogP contribution in [0.25, 0.3) is 5.52 Å². The summed E-state index contributed by atoms with van der Waals surface area (Å²) in [6, 6.07) is 10.6. The average Bonchev–Trinajstić information content (AvgIpc) is 3.16. The van der Waals surface area contributed by atoms with Gasteiger partial charge in [0, 0.05) is 28.3 Å². The summed E-state index contributed by atoms with van der Waals surface area (Å²) in [5.74, 6) is -1.08. The lowest BCUT2D eigenvalue weighted by Gasteiger charge is -2.23. The Morgan fingerprint density at radius 3 is 2.28 bits per heavy atom. The third-order valence-corrected chi connectivity index (χ3v) is 7.72. The number of benzene rings is 1. The topological polar surface area (TPSA) is 75.8 Å². The Morgan fingerprint density at radius 1 is 1.06 bits per heavy atom. The molecule has 0 aliphatic heterocycles. The van der Waals surface area contributed by atoms with E-state index in [-0.39, 0.29) is 29.8 Å². The zero-order valence-corrected chi connectivity index (χ0v) is 22.2. The highest BCUT2D eigenvalue weighted by Crippen LogP contribution is 2.37. The molecular formula is C30H34ClNO4. The van der Waals surface area contributed by atoms with Crippen molar-refractivity contribution in [1.82, 2.24) is 4.40 Å². The molecule has 6 heteroatoms. The van der Waals surface area contributed by atoms with Crippen molar-refractivity contribution in [1.29, 1.82) is 0 Å². The predicted octanol–water partition coefficient (Wildman–Crippen LogP) is 7.36. The highest BCUT2D eigenvalue weighted by Gasteiger charge is 2.37. The number of fused-ring (bicyclic) bond motifs is 1. The molecule has 0 radical (unpaired) electrons. The Bertz CT molecular complexity index is 1310. The van der Waals surface area contributed by atoms with Crippen LogP contribution in [0.1, 0.15) is 103 Å². The Morgan fingerprint density at radius 2 is 1.69 bits per heavy atom. The van der Waals surface area contributed by atoms with Crippen LogP contribution in [-0.4, -0.2) is 27.0 Å². The normalized spacial score (nSPS) is 14.9. The average molecular weight is 508 g/mol. The summed E-state index contributed by atoms with van der Waals surface area (Å²) in [5.41, 5.74) is 2.42. The molecule has 36 heavy (non-hydrogen) atoms. The monoisotopic (exact) mass is 507 g/mol. The fourth-order valence-corrected chi connectivity index (χ4v) is 5.33. The number of carboxylic acid groups (broad SMARTS) is 1. The van der Waals surface area contributed by atoms with Crippen LogP contribution in [0.5, 0.6) is 0 Å². The van der Waals surface area contributed by atoms with Crippen molar-refractivity contribution in [3.05, 3.63) is 75.6 Å². The van der Waals surface area contributed by atoms with Crippen LogP contribution in [0.3, 0.4) is 0 Å². The maximum atomic E-state index is 14.1. The Hall–Kier alpha value is -2.92. The molecule has 190 valence electrons. The Balaban J connectivity index is 2.03. The smallest absolute Gasteiger partial charge is 0.309 e. The van der Waals surface area contributed by atoms with Crippen molar-refractivity contribution in [2.24, 2.45) is 11.3 Å². The zero-order chi connectivity index (χ0) is 26.2. The lowest BCUT2D eigenvalue weighted by Crippen LogP contribution is -2.28. The fraction of sp³-hybridized carbons (Fsp3) is 0.433. The minimum Gasteiger partial charge on any atom is -0.481 e. The summed E-state index contributed by atoms with van der Waals surface area (Å²) in [4.78, 5) is 40.2. The summed E-state index contributed by atoms with van der Waals surface area (Å²) in [6.07, 6.45) is 6.70. The number of ketones is 2. The highest BCUT2D eigenvalue weighted by atomic mass is 35.5. The lowest BCUT2D eigenvalue weighted by atomic mass is 9.79. The molecule has 0 bridgehead atoms.